The molecule has 0 spiro atoms. The first-order chi connectivity index (χ1) is 9.86. The van der Waals surface area contributed by atoms with Gasteiger partial charge in [-0.2, -0.15) is 0 Å². The van der Waals surface area contributed by atoms with Gasteiger partial charge in [0.05, 0.1) is 6.04 Å². The van der Waals surface area contributed by atoms with Crippen LogP contribution in [0.15, 0.2) is 54.6 Å². The summed E-state index contributed by atoms with van der Waals surface area (Å²) < 4.78 is 0. The average Bonchev–Trinajstić information content (AvgIpc) is 2.52. The maximum atomic E-state index is 6.45. The van der Waals surface area contributed by atoms with Crippen LogP contribution in [0.3, 0.4) is 0 Å². The Kier molecular flexibility index (Phi) is 4.36. The summed E-state index contributed by atoms with van der Waals surface area (Å²) in [5.74, 6) is 0. The highest BCUT2D eigenvalue weighted by Gasteiger charge is 2.25. The van der Waals surface area contributed by atoms with Crippen molar-refractivity contribution in [1.29, 1.82) is 0 Å². The second-order valence-electron chi connectivity index (χ2n) is 5.12. The lowest BCUT2D eigenvalue weighted by Crippen LogP contribution is -2.45. The third-order valence-corrected chi connectivity index (χ3v) is 4.18. The second-order valence-corrected chi connectivity index (χ2v) is 5.53. The zero-order chi connectivity index (χ0) is 13.8. The largest absolute Gasteiger partial charge is 0.314 e. The molecule has 1 aliphatic rings. The van der Waals surface area contributed by atoms with E-state index in [-0.39, 0.29) is 6.04 Å². The first kappa shape index (κ1) is 13.6. The van der Waals surface area contributed by atoms with Gasteiger partial charge < -0.3 is 5.32 Å². The van der Waals surface area contributed by atoms with Crippen molar-refractivity contribution < 1.29 is 0 Å². The van der Waals surface area contributed by atoms with Crippen molar-refractivity contribution in [3.05, 3.63) is 70.7 Å². The number of halogens is 1. The predicted octanol–water partition coefficient (Wildman–Crippen LogP) is 3.33. The van der Waals surface area contributed by atoms with E-state index in [1.165, 1.54) is 11.1 Å². The Morgan fingerprint density at radius 1 is 0.900 bits per heavy atom. The number of rotatable bonds is 3. The molecule has 0 amide bonds. The second kappa shape index (κ2) is 6.40. The molecule has 1 aliphatic heterocycles. The van der Waals surface area contributed by atoms with Crippen molar-refractivity contribution in [2.75, 3.05) is 26.2 Å². The summed E-state index contributed by atoms with van der Waals surface area (Å²) in [4.78, 5) is 2.51. The number of nitrogens with zero attached hydrogens (tertiary/aromatic N) is 1. The molecule has 1 heterocycles. The summed E-state index contributed by atoms with van der Waals surface area (Å²) in [5.41, 5.74) is 2.50. The molecule has 1 fully saturated rings. The molecule has 1 saturated heterocycles. The maximum Gasteiger partial charge on any atom is 0.0617 e. The zero-order valence-electron chi connectivity index (χ0n) is 11.4. The van der Waals surface area contributed by atoms with Crippen LogP contribution >= 0.6 is 11.6 Å². The molecule has 0 aliphatic carbocycles. The number of nitrogens with one attached hydrogen (secondary N) is 1. The summed E-state index contributed by atoms with van der Waals surface area (Å²) in [6, 6.07) is 19.1. The van der Waals surface area contributed by atoms with E-state index in [9.17, 15) is 0 Å². The van der Waals surface area contributed by atoms with E-state index in [2.05, 4.69) is 52.7 Å². The number of piperazine rings is 1. The number of benzene rings is 2. The minimum Gasteiger partial charge on any atom is -0.314 e. The lowest BCUT2D eigenvalue weighted by atomic mass is 9.96. The average molecular weight is 287 g/mol. The molecule has 2 aromatic carbocycles. The first-order valence-electron chi connectivity index (χ1n) is 7.10. The van der Waals surface area contributed by atoms with Crippen LogP contribution in [0.1, 0.15) is 17.2 Å². The molecule has 0 radical (unpaired) electrons. The Balaban J connectivity index is 2.01. The SMILES string of the molecule is Clc1ccccc1[C@@H](c1ccccc1)N1CCNCC1. The van der Waals surface area contributed by atoms with E-state index in [0.717, 1.165) is 31.2 Å². The molecule has 104 valence electrons. The van der Waals surface area contributed by atoms with Crippen LogP contribution in [0.4, 0.5) is 0 Å². The summed E-state index contributed by atoms with van der Waals surface area (Å²) >= 11 is 6.45. The molecule has 0 bridgehead atoms. The molecule has 1 N–H and O–H groups in total. The minimum absolute atomic E-state index is 0.243. The molecular weight excluding hydrogens is 268 g/mol. The van der Waals surface area contributed by atoms with E-state index in [0.29, 0.717) is 0 Å². The quantitative estimate of drug-likeness (QED) is 0.931. The Hall–Kier alpha value is -1.35. The molecule has 3 rings (SSSR count). The third kappa shape index (κ3) is 2.88. The van der Waals surface area contributed by atoms with Crippen molar-refractivity contribution in [3.8, 4) is 0 Å². The molecule has 1 atom stereocenters. The zero-order valence-corrected chi connectivity index (χ0v) is 12.2. The van der Waals surface area contributed by atoms with Gasteiger partial charge in [0.25, 0.3) is 0 Å². The van der Waals surface area contributed by atoms with Gasteiger partial charge in [0.15, 0.2) is 0 Å². The van der Waals surface area contributed by atoms with Gasteiger partial charge in [-0.05, 0) is 17.2 Å². The van der Waals surface area contributed by atoms with E-state index in [4.69, 9.17) is 11.6 Å². The van der Waals surface area contributed by atoms with Gasteiger partial charge in [-0.15, -0.1) is 0 Å². The van der Waals surface area contributed by atoms with Crippen LogP contribution in [0.5, 0.6) is 0 Å². The summed E-state index contributed by atoms with van der Waals surface area (Å²) in [6.07, 6.45) is 0. The maximum absolute atomic E-state index is 6.45. The number of hydrogen-bond acceptors (Lipinski definition) is 2. The molecular formula is C17H19ClN2. The summed E-state index contributed by atoms with van der Waals surface area (Å²) in [7, 11) is 0. The lowest BCUT2D eigenvalue weighted by Gasteiger charge is -2.36. The standard InChI is InChI=1S/C17H19ClN2/c18-16-9-5-4-8-15(16)17(14-6-2-1-3-7-14)20-12-10-19-11-13-20/h1-9,17,19H,10-13H2/t17-/m1/s1. The van der Waals surface area contributed by atoms with Gasteiger partial charge in [-0.3, -0.25) is 4.90 Å². The van der Waals surface area contributed by atoms with E-state index >= 15 is 0 Å². The van der Waals surface area contributed by atoms with Crippen molar-refractivity contribution >= 4 is 11.6 Å². The monoisotopic (exact) mass is 286 g/mol. The van der Waals surface area contributed by atoms with Gasteiger partial charge in [0.2, 0.25) is 0 Å². The highest BCUT2D eigenvalue weighted by Crippen LogP contribution is 2.33. The van der Waals surface area contributed by atoms with Crippen LogP contribution in [-0.4, -0.2) is 31.1 Å². The van der Waals surface area contributed by atoms with E-state index in [1.807, 2.05) is 12.1 Å². The van der Waals surface area contributed by atoms with Crippen LogP contribution in [0, 0.1) is 0 Å². The smallest absolute Gasteiger partial charge is 0.0617 e. The van der Waals surface area contributed by atoms with Gasteiger partial charge in [0, 0.05) is 31.2 Å². The van der Waals surface area contributed by atoms with Gasteiger partial charge in [-0.25, -0.2) is 0 Å². The van der Waals surface area contributed by atoms with Gasteiger partial charge in [0.1, 0.15) is 0 Å². The van der Waals surface area contributed by atoms with Gasteiger partial charge in [-0.1, -0.05) is 60.1 Å². The highest BCUT2D eigenvalue weighted by atomic mass is 35.5. The Morgan fingerprint density at radius 2 is 1.55 bits per heavy atom. The Labute approximate surface area is 125 Å². The van der Waals surface area contributed by atoms with E-state index in [1.54, 1.807) is 0 Å². The Morgan fingerprint density at radius 3 is 2.25 bits per heavy atom. The minimum atomic E-state index is 0.243. The molecule has 3 heteroatoms. The van der Waals surface area contributed by atoms with Crippen molar-refractivity contribution in [1.82, 2.24) is 10.2 Å². The van der Waals surface area contributed by atoms with Crippen LogP contribution in [-0.2, 0) is 0 Å². The summed E-state index contributed by atoms with van der Waals surface area (Å²) in [5, 5.41) is 4.26. The number of hydrogen-bond donors (Lipinski definition) is 1. The van der Waals surface area contributed by atoms with Crippen molar-refractivity contribution in [2.45, 2.75) is 6.04 Å². The Bertz CT molecular complexity index is 550. The fraction of sp³-hybridized carbons (Fsp3) is 0.294. The molecule has 0 aromatic heterocycles. The highest BCUT2D eigenvalue weighted by molar-refractivity contribution is 6.31. The third-order valence-electron chi connectivity index (χ3n) is 3.83. The van der Waals surface area contributed by atoms with Crippen LogP contribution < -0.4 is 5.32 Å². The lowest BCUT2D eigenvalue weighted by molar-refractivity contribution is 0.198. The normalized spacial score (nSPS) is 17.9. The molecule has 20 heavy (non-hydrogen) atoms. The van der Waals surface area contributed by atoms with Crippen LogP contribution in [0.25, 0.3) is 0 Å². The topological polar surface area (TPSA) is 15.3 Å². The van der Waals surface area contributed by atoms with Gasteiger partial charge >= 0.3 is 0 Å². The van der Waals surface area contributed by atoms with Crippen molar-refractivity contribution in [2.24, 2.45) is 0 Å². The fourth-order valence-electron chi connectivity index (χ4n) is 2.86. The fourth-order valence-corrected chi connectivity index (χ4v) is 3.10. The molecule has 2 aromatic rings. The van der Waals surface area contributed by atoms with E-state index < -0.39 is 0 Å². The van der Waals surface area contributed by atoms with Crippen LogP contribution in [0.2, 0.25) is 5.02 Å². The molecule has 0 saturated carbocycles. The molecule has 2 nitrogen and oxygen atoms in total. The first-order valence-corrected chi connectivity index (χ1v) is 7.48. The molecule has 0 unspecified atom stereocenters. The van der Waals surface area contributed by atoms with Crippen molar-refractivity contribution in [3.63, 3.8) is 0 Å². The predicted molar refractivity (Wildman–Crippen MR) is 84.2 cm³/mol. The summed E-state index contributed by atoms with van der Waals surface area (Å²) in [6.45, 7) is 4.16.